The van der Waals surface area contributed by atoms with Gasteiger partial charge in [0.1, 0.15) is 6.33 Å². The fourth-order valence-electron chi connectivity index (χ4n) is 1.80. The Morgan fingerprint density at radius 1 is 1.55 bits per heavy atom. The summed E-state index contributed by atoms with van der Waals surface area (Å²) in [6.07, 6.45) is 1.26. The van der Waals surface area contributed by atoms with Crippen LogP contribution in [0.1, 0.15) is 11.8 Å². The molecule has 0 bridgehead atoms. The van der Waals surface area contributed by atoms with Crippen molar-refractivity contribution in [3.05, 3.63) is 38.8 Å². The summed E-state index contributed by atoms with van der Waals surface area (Å²) in [5.74, 6) is 5.54. The van der Waals surface area contributed by atoms with Gasteiger partial charge in [-0.25, -0.2) is 15.8 Å². The van der Waals surface area contributed by atoms with E-state index in [1.165, 1.54) is 6.33 Å². The maximum absolute atomic E-state index is 11.2. The maximum atomic E-state index is 11.2. The van der Waals surface area contributed by atoms with E-state index in [0.717, 1.165) is 4.88 Å². The fourth-order valence-corrected chi connectivity index (χ4v) is 2.52. The molecule has 3 N–H and O–H groups in total. The van der Waals surface area contributed by atoms with E-state index in [1.54, 1.807) is 11.3 Å². The smallest absolute Gasteiger partial charge is 0.346 e. The Labute approximate surface area is 119 Å². The zero-order valence-electron chi connectivity index (χ0n) is 10.8. The second-order valence-electron chi connectivity index (χ2n) is 3.89. The van der Waals surface area contributed by atoms with Crippen LogP contribution in [0.25, 0.3) is 0 Å². The number of rotatable bonds is 6. The van der Waals surface area contributed by atoms with Crippen molar-refractivity contribution < 1.29 is 4.92 Å². The monoisotopic (exact) mass is 294 g/mol. The van der Waals surface area contributed by atoms with Crippen LogP contribution in [0.5, 0.6) is 0 Å². The Hall–Kier alpha value is -2.26. The molecule has 0 fully saturated rings. The first kappa shape index (κ1) is 14.2. The largest absolute Gasteiger partial charge is 0.354 e. The first-order chi connectivity index (χ1) is 9.67. The molecule has 0 unspecified atom stereocenters. The van der Waals surface area contributed by atoms with Crippen LogP contribution in [0.15, 0.2) is 23.8 Å². The minimum atomic E-state index is -0.526. The van der Waals surface area contributed by atoms with E-state index in [-0.39, 0.29) is 17.3 Å². The van der Waals surface area contributed by atoms with Gasteiger partial charge in [-0.05, 0) is 18.4 Å². The Bertz CT molecular complexity index is 589. The Kier molecular flexibility index (Phi) is 4.43. The summed E-state index contributed by atoms with van der Waals surface area (Å²) in [4.78, 5) is 21.4. The normalized spacial score (nSPS) is 10.3. The first-order valence-electron chi connectivity index (χ1n) is 5.90. The summed E-state index contributed by atoms with van der Waals surface area (Å²) < 4.78 is 0. The molecule has 2 heterocycles. The number of nitrogens with one attached hydrogen (secondary N) is 1. The molecule has 0 saturated carbocycles. The summed E-state index contributed by atoms with van der Waals surface area (Å²) >= 11 is 1.59. The molecule has 2 aromatic heterocycles. The average Bonchev–Trinajstić information content (AvgIpc) is 2.96. The third kappa shape index (κ3) is 2.83. The van der Waals surface area contributed by atoms with Crippen molar-refractivity contribution >= 4 is 28.7 Å². The zero-order valence-corrected chi connectivity index (χ0v) is 11.6. The van der Waals surface area contributed by atoms with Crippen LogP contribution < -0.4 is 16.2 Å². The number of hydrogen-bond donors (Lipinski definition) is 2. The molecule has 0 atom stereocenters. The number of aromatic nitrogens is 2. The molecule has 2 aromatic rings. The minimum absolute atomic E-state index is 0.00429. The number of hydrogen-bond acceptors (Lipinski definition) is 8. The molecule has 0 amide bonds. The summed E-state index contributed by atoms with van der Waals surface area (Å²) in [6.45, 7) is 3.05. The van der Waals surface area contributed by atoms with Crippen LogP contribution >= 0.6 is 11.3 Å². The van der Waals surface area contributed by atoms with Crippen molar-refractivity contribution in [1.29, 1.82) is 0 Å². The van der Waals surface area contributed by atoms with Crippen molar-refractivity contribution in [2.75, 3.05) is 16.9 Å². The molecular weight excluding hydrogens is 280 g/mol. The molecule has 0 spiro atoms. The lowest BCUT2D eigenvalue weighted by Gasteiger charge is -2.21. The highest BCUT2D eigenvalue weighted by Gasteiger charge is 2.26. The van der Waals surface area contributed by atoms with Gasteiger partial charge in [-0.2, -0.15) is 0 Å². The van der Waals surface area contributed by atoms with Crippen molar-refractivity contribution in [3.63, 3.8) is 0 Å². The highest BCUT2D eigenvalue weighted by atomic mass is 32.1. The molecule has 0 radical (unpaired) electrons. The van der Waals surface area contributed by atoms with E-state index in [0.29, 0.717) is 13.1 Å². The number of nitrogen functional groups attached to an aromatic ring is 1. The zero-order chi connectivity index (χ0) is 14.5. The third-order valence-corrected chi connectivity index (χ3v) is 3.59. The summed E-state index contributed by atoms with van der Waals surface area (Å²) in [7, 11) is 0. The van der Waals surface area contributed by atoms with Crippen molar-refractivity contribution in [2.24, 2.45) is 5.84 Å². The molecule has 0 aliphatic rings. The number of nitrogens with zero attached hydrogens (tertiary/aromatic N) is 4. The van der Waals surface area contributed by atoms with E-state index in [1.807, 2.05) is 29.3 Å². The van der Waals surface area contributed by atoms with Gasteiger partial charge in [-0.1, -0.05) is 6.07 Å². The Balaban J connectivity index is 2.41. The Morgan fingerprint density at radius 3 is 2.90 bits per heavy atom. The summed E-state index contributed by atoms with van der Waals surface area (Å²) in [6, 6.07) is 3.91. The lowest BCUT2D eigenvalue weighted by molar-refractivity contribution is -0.383. The second kappa shape index (κ2) is 6.26. The van der Waals surface area contributed by atoms with Gasteiger partial charge in [-0.3, -0.25) is 10.1 Å². The lowest BCUT2D eigenvalue weighted by Crippen LogP contribution is -2.24. The van der Waals surface area contributed by atoms with Gasteiger partial charge >= 0.3 is 5.69 Å². The van der Waals surface area contributed by atoms with E-state index >= 15 is 0 Å². The molecule has 9 heteroatoms. The van der Waals surface area contributed by atoms with Crippen LogP contribution in [-0.4, -0.2) is 21.4 Å². The van der Waals surface area contributed by atoms with Crippen molar-refractivity contribution in [2.45, 2.75) is 13.5 Å². The summed E-state index contributed by atoms with van der Waals surface area (Å²) in [5, 5.41) is 13.2. The molecule has 0 aromatic carbocycles. The van der Waals surface area contributed by atoms with Crippen LogP contribution in [0.3, 0.4) is 0 Å². The highest BCUT2D eigenvalue weighted by Crippen LogP contribution is 2.32. The maximum Gasteiger partial charge on any atom is 0.354 e. The average molecular weight is 294 g/mol. The topological polar surface area (TPSA) is 110 Å². The van der Waals surface area contributed by atoms with Gasteiger partial charge in [0.05, 0.1) is 11.5 Å². The van der Waals surface area contributed by atoms with Crippen LogP contribution in [0.2, 0.25) is 0 Å². The molecule has 20 heavy (non-hydrogen) atoms. The van der Waals surface area contributed by atoms with E-state index < -0.39 is 4.92 Å². The number of anilines is 2. The van der Waals surface area contributed by atoms with Gasteiger partial charge in [0.2, 0.25) is 11.6 Å². The molecule has 0 aliphatic heterocycles. The molecule has 0 aliphatic carbocycles. The second-order valence-corrected chi connectivity index (χ2v) is 4.92. The standard InChI is InChI=1S/C11H14N6O2S/c1-2-16(6-8-4-3-5-20-8)11-9(17(18)19)10(15-12)13-7-14-11/h3-5,7H,2,6,12H2,1H3,(H,13,14,15). The minimum Gasteiger partial charge on any atom is -0.346 e. The number of nitro groups is 1. The van der Waals surface area contributed by atoms with Gasteiger partial charge < -0.3 is 10.3 Å². The fraction of sp³-hybridized carbons (Fsp3) is 0.273. The first-order valence-corrected chi connectivity index (χ1v) is 6.78. The third-order valence-electron chi connectivity index (χ3n) is 2.73. The number of thiophene rings is 1. The van der Waals surface area contributed by atoms with Crippen molar-refractivity contribution in [3.8, 4) is 0 Å². The quantitative estimate of drug-likeness (QED) is 0.474. The van der Waals surface area contributed by atoms with E-state index in [2.05, 4.69) is 15.4 Å². The molecular formula is C11H14N6O2S. The predicted octanol–water partition coefficient (Wildman–Crippen LogP) is 1.76. The number of hydrazine groups is 1. The number of nitrogens with two attached hydrogens (primary N) is 1. The predicted molar refractivity (Wildman–Crippen MR) is 77.5 cm³/mol. The Morgan fingerprint density at radius 2 is 2.35 bits per heavy atom. The van der Waals surface area contributed by atoms with Crippen molar-refractivity contribution in [1.82, 2.24) is 9.97 Å². The van der Waals surface area contributed by atoms with Gasteiger partial charge in [-0.15, -0.1) is 11.3 Å². The van der Waals surface area contributed by atoms with Crippen LogP contribution in [0, 0.1) is 10.1 Å². The summed E-state index contributed by atoms with van der Waals surface area (Å²) in [5.41, 5.74) is 2.02. The van der Waals surface area contributed by atoms with Crippen LogP contribution in [-0.2, 0) is 6.54 Å². The molecule has 106 valence electrons. The van der Waals surface area contributed by atoms with E-state index in [4.69, 9.17) is 5.84 Å². The van der Waals surface area contributed by atoms with E-state index in [9.17, 15) is 10.1 Å². The molecule has 2 rings (SSSR count). The SMILES string of the molecule is CCN(Cc1cccs1)c1ncnc(NN)c1[N+](=O)[O-]. The lowest BCUT2D eigenvalue weighted by atomic mass is 10.3. The van der Waals surface area contributed by atoms with Gasteiger partial charge in [0.15, 0.2) is 0 Å². The molecule has 0 saturated heterocycles. The molecule has 8 nitrogen and oxygen atoms in total. The van der Waals surface area contributed by atoms with Gasteiger partial charge in [0.25, 0.3) is 0 Å². The van der Waals surface area contributed by atoms with Crippen LogP contribution in [0.4, 0.5) is 17.3 Å². The van der Waals surface area contributed by atoms with Gasteiger partial charge in [0, 0.05) is 11.4 Å². The highest BCUT2D eigenvalue weighted by molar-refractivity contribution is 7.09.